The molecule has 2 N–H and O–H groups in total. The molecule has 0 unspecified atom stereocenters. The molecule has 3 rings (SSSR count). The lowest BCUT2D eigenvalue weighted by Gasteiger charge is -2.37. The SMILES string of the molecule is CC(C)c1csc(C2(NC3CC3)CCNCC2)n1. The van der Waals surface area contributed by atoms with E-state index in [1.807, 2.05) is 11.3 Å². The van der Waals surface area contributed by atoms with Crippen LogP contribution in [0.3, 0.4) is 0 Å². The molecule has 0 aromatic carbocycles. The Bertz CT molecular complexity index is 403. The number of aromatic nitrogens is 1. The predicted octanol–water partition coefficient (Wildman–Crippen LogP) is 2.60. The van der Waals surface area contributed by atoms with Crippen molar-refractivity contribution in [1.29, 1.82) is 0 Å². The molecule has 0 radical (unpaired) electrons. The molecule has 1 aliphatic carbocycles. The minimum Gasteiger partial charge on any atom is -0.317 e. The molecule has 2 fully saturated rings. The molecule has 1 aromatic rings. The third-order valence-corrected chi connectivity index (χ3v) is 5.10. The van der Waals surface area contributed by atoms with Gasteiger partial charge in [-0.25, -0.2) is 4.98 Å². The number of nitrogens with one attached hydrogen (secondary N) is 2. The van der Waals surface area contributed by atoms with Crippen molar-refractivity contribution in [3.8, 4) is 0 Å². The van der Waals surface area contributed by atoms with Gasteiger partial charge in [0.05, 0.1) is 11.2 Å². The van der Waals surface area contributed by atoms with E-state index in [1.54, 1.807) is 0 Å². The zero-order valence-electron chi connectivity index (χ0n) is 11.3. The summed E-state index contributed by atoms with van der Waals surface area (Å²) < 4.78 is 0. The van der Waals surface area contributed by atoms with Gasteiger partial charge < -0.3 is 10.6 Å². The van der Waals surface area contributed by atoms with E-state index < -0.39 is 0 Å². The topological polar surface area (TPSA) is 37.0 Å². The molecule has 100 valence electrons. The maximum atomic E-state index is 4.91. The van der Waals surface area contributed by atoms with Gasteiger partial charge in [0.15, 0.2) is 0 Å². The van der Waals surface area contributed by atoms with E-state index in [0.29, 0.717) is 5.92 Å². The fourth-order valence-electron chi connectivity index (χ4n) is 2.66. The van der Waals surface area contributed by atoms with E-state index in [9.17, 15) is 0 Å². The van der Waals surface area contributed by atoms with Crippen molar-refractivity contribution in [2.24, 2.45) is 0 Å². The summed E-state index contributed by atoms with van der Waals surface area (Å²) in [6, 6.07) is 0.745. The molecular weight excluding hydrogens is 242 g/mol. The van der Waals surface area contributed by atoms with Gasteiger partial charge in [-0.05, 0) is 44.7 Å². The van der Waals surface area contributed by atoms with Crippen LogP contribution in [0.25, 0.3) is 0 Å². The minimum atomic E-state index is 0.157. The maximum absolute atomic E-state index is 4.91. The number of nitrogens with zero attached hydrogens (tertiary/aromatic N) is 1. The fourth-order valence-corrected chi connectivity index (χ4v) is 3.87. The lowest BCUT2D eigenvalue weighted by atomic mass is 9.88. The highest BCUT2D eigenvalue weighted by molar-refractivity contribution is 7.09. The third-order valence-electron chi connectivity index (χ3n) is 4.04. The predicted molar refractivity (Wildman–Crippen MR) is 76.1 cm³/mol. The molecule has 0 bridgehead atoms. The average Bonchev–Trinajstić information content (AvgIpc) is 3.02. The van der Waals surface area contributed by atoms with E-state index in [-0.39, 0.29) is 5.54 Å². The maximum Gasteiger partial charge on any atom is 0.113 e. The van der Waals surface area contributed by atoms with Crippen molar-refractivity contribution < 1.29 is 0 Å². The molecule has 4 heteroatoms. The summed E-state index contributed by atoms with van der Waals surface area (Å²) in [5, 5.41) is 10.9. The number of thiazole rings is 1. The number of piperidine rings is 1. The highest BCUT2D eigenvalue weighted by Crippen LogP contribution is 2.37. The normalized spacial score (nSPS) is 23.5. The van der Waals surface area contributed by atoms with Crippen molar-refractivity contribution >= 4 is 11.3 Å². The molecule has 2 heterocycles. The molecule has 3 nitrogen and oxygen atoms in total. The first kappa shape index (κ1) is 12.6. The van der Waals surface area contributed by atoms with Gasteiger partial charge in [-0.15, -0.1) is 11.3 Å². The molecule has 1 saturated heterocycles. The first-order valence-electron chi connectivity index (χ1n) is 7.14. The fraction of sp³-hybridized carbons (Fsp3) is 0.786. The summed E-state index contributed by atoms with van der Waals surface area (Å²) in [5.41, 5.74) is 1.41. The summed E-state index contributed by atoms with van der Waals surface area (Å²) >= 11 is 1.85. The van der Waals surface area contributed by atoms with Crippen LogP contribution in [0, 0.1) is 0 Å². The molecule has 0 amide bonds. The Balaban J connectivity index is 1.85. The standard InChI is InChI=1S/C14H23N3S/c1-10(2)12-9-18-13(16-12)14(17-11-3-4-11)5-7-15-8-6-14/h9-11,15,17H,3-8H2,1-2H3. The summed E-state index contributed by atoms with van der Waals surface area (Å²) in [4.78, 5) is 4.91. The second kappa shape index (κ2) is 4.91. The Morgan fingerprint density at radius 1 is 1.39 bits per heavy atom. The van der Waals surface area contributed by atoms with E-state index >= 15 is 0 Å². The van der Waals surface area contributed by atoms with Crippen LogP contribution in [0.1, 0.15) is 56.2 Å². The lowest BCUT2D eigenvalue weighted by molar-refractivity contribution is 0.242. The second-order valence-electron chi connectivity index (χ2n) is 5.98. The molecule has 2 aliphatic rings. The molecule has 18 heavy (non-hydrogen) atoms. The monoisotopic (exact) mass is 265 g/mol. The van der Waals surface area contributed by atoms with Crippen LogP contribution in [0.4, 0.5) is 0 Å². The second-order valence-corrected chi connectivity index (χ2v) is 6.84. The molecule has 1 aromatic heterocycles. The number of hydrogen-bond acceptors (Lipinski definition) is 4. The Morgan fingerprint density at radius 3 is 2.67 bits per heavy atom. The summed E-state index contributed by atoms with van der Waals surface area (Å²) in [6.07, 6.45) is 5.04. The number of rotatable bonds is 4. The van der Waals surface area contributed by atoms with Gasteiger partial charge in [0.1, 0.15) is 5.01 Å². The van der Waals surface area contributed by atoms with Gasteiger partial charge in [0.25, 0.3) is 0 Å². The quantitative estimate of drug-likeness (QED) is 0.878. The highest BCUT2D eigenvalue weighted by Gasteiger charge is 2.40. The first-order chi connectivity index (χ1) is 8.70. The van der Waals surface area contributed by atoms with Gasteiger partial charge in [-0.3, -0.25) is 0 Å². The zero-order valence-corrected chi connectivity index (χ0v) is 12.1. The smallest absolute Gasteiger partial charge is 0.113 e. The Kier molecular flexibility index (Phi) is 3.43. The largest absolute Gasteiger partial charge is 0.317 e. The summed E-state index contributed by atoms with van der Waals surface area (Å²) in [5.74, 6) is 0.537. The van der Waals surface area contributed by atoms with Crippen molar-refractivity contribution in [2.45, 2.75) is 57.0 Å². The molecule has 0 atom stereocenters. The Labute approximate surface area is 113 Å². The van der Waals surface area contributed by atoms with E-state index in [1.165, 1.54) is 36.4 Å². The van der Waals surface area contributed by atoms with Crippen LogP contribution in [0.15, 0.2) is 5.38 Å². The van der Waals surface area contributed by atoms with Crippen molar-refractivity contribution in [1.82, 2.24) is 15.6 Å². The van der Waals surface area contributed by atoms with E-state index in [2.05, 4.69) is 29.9 Å². The van der Waals surface area contributed by atoms with E-state index in [4.69, 9.17) is 4.98 Å². The summed E-state index contributed by atoms with van der Waals surface area (Å²) in [7, 11) is 0. The summed E-state index contributed by atoms with van der Waals surface area (Å²) in [6.45, 7) is 6.66. The van der Waals surface area contributed by atoms with Gasteiger partial charge in [-0.1, -0.05) is 13.8 Å². The average molecular weight is 265 g/mol. The molecule has 1 saturated carbocycles. The van der Waals surface area contributed by atoms with Crippen LogP contribution in [-0.4, -0.2) is 24.1 Å². The van der Waals surface area contributed by atoms with Crippen molar-refractivity contribution in [3.05, 3.63) is 16.1 Å². The Hall–Kier alpha value is -0.450. The van der Waals surface area contributed by atoms with Crippen LogP contribution in [0.5, 0.6) is 0 Å². The lowest BCUT2D eigenvalue weighted by Crippen LogP contribution is -2.50. The van der Waals surface area contributed by atoms with Crippen LogP contribution < -0.4 is 10.6 Å². The van der Waals surface area contributed by atoms with E-state index in [0.717, 1.165) is 19.1 Å². The van der Waals surface area contributed by atoms with Gasteiger partial charge in [0.2, 0.25) is 0 Å². The van der Waals surface area contributed by atoms with Crippen molar-refractivity contribution in [3.63, 3.8) is 0 Å². The minimum absolute atomic E-state index is 0.157. The van der Waals surface area contributed by atoms with Crippen LogP contribution in [0.2, 0.25) is 0 Å². The zero-order chi connectivity index (χ0) is 12.6. The Morgan fingerprint density at radius 2 is 2.11 bits per heavy atom. The van der Waals surface area contributed by atoms with Gasteiger partial charge in [-0.2, -0.15) is 0 Å². The van der Waals surface area contributed by atoms with Gasteiger partial charge >= 0.3 is 0 Å². The van der Waals surface area contributed by atoms with Crippen LogP contribution in [-0.2, 0) is 5.54 Å². The number of hydrogen-bond donors (Lipinski definition) is 2. The van der Waals surface area contributed by atoms with Crippen LogP contribution >= 0.6 is 11.3 Å². The van der Waals surface area contributed by atoms with Crippen molar-refractivity contribution in [2.75, 3.05) is 13.1 Å². The highest BCUT2D eigenvalue weighted by atomic mass is 32.1. The first-order valence-corrected chi connectivity index (χ1v) is 8.02. The molecular formula is C14H23N3S. The third kappa shape index (κ3) is 2.46. The molecule has 1 aliphatic heterocycles. The molecule has 0 spiro atoms. The van der Waals surface area contributed by atoms with Gasteiger partial charge in [0, 0.05) is 11.4 Å².